The number of methoxy groups -OCH3 is 2. The van der Waals surface area contributed by atoms with Crippen LogP contribution in [0.1, 0.15) is 11.1 Å². The third-order valence-electron chi connectivity index (χ3n) is 3.97. The molecule has 0 amide bonds. The van der Waals surface area contributed by atoms with Crippen LogP contribution in [0.2, 0.25) is 0 Å². The maximum Gasteiger partial charge on any atom is 0.187 e. The second kappa shape index (κ2) is 11.7. The highest BCUT2D eigenvalue weighted by molar-refractivity contribution is 7.80. The lowest BCUT2D eigenvalue weighted by Crippen LogP contribution is -2.31. The van der Waals surface area contributed by atoms with Crippen LogP contribution >= 0.6 is 24.4 Å². The van der Waals surface area contributed by atoms with Gasteiger partial charge in [-0.3, -0.25) is 0 Å². The standard InChI is InChI=1S/C20H24N6O2S2/c1-27-17-7-3-15(4-8-17)13-25(19(21)29)23-11-12-24-26(20(22)30)14-16-5-9-18(28-2)10-6-16/h3-12H,13-14H2,1-2H3,(H2,21,29)(H2,22,30)/b23-11-,24-12-. The number of hydrazone groups is 2. The molecule has 0 saturated heterocycles. The van der Waals surface area contributed by atoms with E-state index < -0.39 is 0 Å². The Balaban J connectivity index is 2.01. The Morgan fingerprint density at radius 3 is 1.37 bits per heavy atom. The van der Waals surface area contributed by atoms with Crippen LogP contribution in [0.5, 0.6) is 11.5 Å². The first kappa shape index (κ1) is 23.0. The van der Waals surface area contributed by atoms with Crippen LogP contribution in [0.15, 0.2) is 58.7 Å². The van der Waals surface area contributed by atoms with E-state index in [1.54, 1.807) is 14.2 Å². The minimum Gasteiger partial charge on any atom is -0.497 e. The SMILES string of the molecule is COc1ccc(CN(/N=C\C=N/N(Cc2ccc(OC)cc2)C(N)=S)C(N)=S)cc1. The normalized spacial score (nSPS) is 10.9. The Hall–Kier alpha value is -3.24. The summed E-state index contributed by atoms with van der Waals surface area (Å²) in [4.78, 5) is 0. The van der Waals surface area contributed by atoms with E-state index in [1.165, 1.54) is 22.4 Å². The van der Waals surface area contributed by atoms with Gasteiger partial charge in [-0.25, -0.2) is 10.0 Å². The van der Waals surface area contributed by atoms with Gasteiger partial charge in [0.15, 0.2) is 10.2 Å². The number of ether oxygens (including phenoxy) is 2. The zero-order valence-corrected chi connectivity index (χ0v) is 18.4. The summed E-state index contributed by atoms with van der Waals surface area (Å²) in [6, 6.07) is 15.1. The average molecular weight is 445 g/mol. The summed E-state index contributed by atoms with van der Waals surface area (Å²) in [6.07, 6.45) is 2.95. The minimum absolute atomic E-state index is 0.139. The Kier molecular flexibility index (Phi) is 8.98. The van der Waals surface area contributed by atoms with Gasteiger partial charge in [0.25, 0.3) is 0 Å². The Morgan fingerprint density at radius 1 is 0.767 bits per heavy atom. The summed E-state index contributed by atoms with van der Waals surface area (Å²) >= 11 is 10.1. The predicted molar refractivity (Wildman–Crippen MR) is 128 cm³/mol. The van der Waals surface area contributed by atoms with Crippen LogP contribution in [0.25, 0.3) is 0 Å². The summed E-state index contributed by atoms with van der Waals surface area (Å²) in [5.41, 5.74) is 13.5. The number of hydrogen-bond acceptors (Lipinski definition) is 6. The zero-order chi connectivity index (χ0) is 21.9. The fourth-order valence-corrected chi connectivity index (χ4v) is 2.60. The highest BCUT2D eigenvalue weighted by Crippen LogP contribution is 2.14. The van der Waals surface area contributed by atoms with E-state index in [1.807, 2.05) is 48.5 Å². The monoisotopic (exact) mass is 444 g/mol. The van der Waals surface area contributed by atoms with Crippen molar-refractivity contribution in [1.82, 2.24) is 10.0 Å². The molecule has 8 nitrogen and oxygen atoms in total. The van der Waals surface area contributed by atoms with Crippen molar-refractivity contribution >= 4 is 47.1 Å². The van der Waals surface area contributed by atoms with Crippen molar-refractivity contribution in [1.29, 1.82) is 0 Å². The predicted octanol–water partition coefficient (Wildman–Crippen LogP) is 2.47. The Bertz CT molecular complexity index is 825. The highest BCUT2D eigenvalue weighted by Gasteiger charge is 2.07. The number of thiocarbonyl (C=S) groups is 2. The van der Waals surface area contributed by atoms with Crippen LogP contribution in [0.3, 0.4) is 0 Å². The molecular weight excluding hydrogens is 420 g/mol. The number of rotatable bonds is 9. The topological polar surface area (TPSA) is 102 Å². The molecule has 0 unspecified atom stereocenters. The van der Waals surface area contributed by atoms with Crippen molar-refractivity contribution in [2.24, 2.45) is 21.7 Å². The van der Waals surface area contributed by atoms with Crippen LogP contribution in [0, 0.1) is 0 Å². The van der Waals surface area contributed by atoms with Gasteiger partial charge in [-0.1, -0.05) is 24.3 Å². The number of nitrogens with zero attached hydrogens (tertiary/aromatic N) is 4. The highest BCUT2D eigenvalue weighted by atomic mass is 32.1. The summed E-state index contributed by atoms with van der Waals surface area (Å²) in [6.45, 7) is 0.822. The summed E-state index contributed by atoms with van der Waals surface area (Å²) in [7, 11) is 3.23. The van der Waals surface area contributed by atoms with E-state index in [4.69, 9.17) is 45.4 Å². The summed E-state index contributed by atoms with van der Waals surface area (Å²) < 4.78 is 10.3. The van der Waals surface area contributed by atoms with Gasteiger partial charge in [0.1, 0.15) is 11.5 Å². The van der Waals surface area contributed by atoms with Gasteiger partial charge in [-0.15, -0.1) is 0 Å². The van der Waals surface area contributed by atoms with Crippen molar-refractivity contribution in [3.8, 4) is 11.5 Å². The lowest BCUT2D eigenvalue weighted by molar-refractivity contribution is 0.413. The molecule has 0 aromatic heterocycles. The van der Waals surface area contributed by atoms with Crippen molar-refractivity contribution in [2.75, 3.05) is 14.2 Å². The minimum atomic E-state index is 0.139. The lowest BCUT2D eigenvalue weighted by atomic mass is 10.2. The van der Waals surface area contributed by atoms with E-state index in [9.17, 15) is 0 Å². The van der Waals surface area contributed by atoms with Crippen molar-refractivity contribution in [3.05, 3.63) is 59.7 Å². The Labute approximate surface area is 186 Å². The van der Waals surface area contributed by atoms with E-state index >= 15 is 0 Å². The average Bonchev–Trinajstić information content (AvgIpc) is 2.75. The van der Waals surface area contributed by atoms with Crippen molar-refractivity contribution in [2.45, 2.75) is 13.1 Å². The van der Waals surface area contributed by atoms with Crippen molar-refractivity contribution in [3.63, 3.8) is 0 Å². The number of nitrogens with two attached hydrogens (primary N) is 2. The molecule has 0 radical (unpaired) electrons. The first-order valence-corrected chi connectivity index (χ1v) is 9.71. The molecule has 0 saturated carbocycles. The van der Waals surface area contributed by atoms with Crippen LogP contribution in [-0.4, -0.2) is 46.9 Å². The summed E-state index contributed by atoms with van der Waals surface area (Å²) in [5, 5.41) is 11.8. The first-order chi connectivity index (χ1) is 14.4. The van der Waals surface area contributed by atoms with Crippen LogP contribution in [0.4, 0.5) is 0 Å². The van der Waals surface area contributed by atoms with E-state index in [0.29, 0.717) is 13.1 Å². The van der Waals surface area contributed by atoms with Crippen molar-refractivity contribution < 1.29 is 9.47 Å². The lowest BCUT2D eigenvalue weighted by Gasteiger charge is -2.17. The molecule has 0 spiro atoms. The second-order valence-electron chi connectivity index (χ2n) is 6.02. The third kappa shape index (κ3) is 7.30. The molecule has 2 aromatic rings. The molecule has 4 N–H and O–H groups in total. The number of hydrogen-bond donors (Lipinski definition) is 2. The molecule has 0 fully saturated rings. The van der Waals surface area contributed by atoms with Gasteiger partial charge in [0.2, 0.25) is 0 Å². The molecule has 158 valence electrons. The van der Waals surface area contributed by atoms with E-state index in [2.05, 4.69) is 10.2 Å². The molecule has 0 aliphatic rings. The maximum atomic E-state index is 5.77. The molecule has 2 rings (SSSR count). The smallest absolute Gasteiger partial charge is 0.187 e. The molecule has 0 bridgehead atoms. The Morgan fingerprint density at radius 2 is 1.10 bits per heavy atom. The molecule has 0 aliphatic heterocycles. The first-order valence-electron chi connectivity index (χ1n) is 8.89. The third-order valence-corrected chi connectivity index (χ3v) is 4.39. The van der Waals surface area contributed by atoms with E-state index in [-0.39, 0.29) is 10.2 Å². The molecule has 30 heavy (non-hydrogen) atoms. The zero-order valence-electron chi connectivity index (χ0n) is 16.8. The van der Waals surface area contributed by atoms with E-state index in [0.717, 1.165) is 22.6 Å². The van der Waals surface area contributed by atoms with Gasteiger partial charge in [-0.05, 0) is 59.8 Å². The summed E-state index contributed by atoms with van der Waals surface area (Å²) in [5.74, 6) is 1.54. The molecule has 0 aliphatic carbocycles. The number of benzene rings is 2. The quantitative estimate of drug-likeness (QED) is 0.346. The van der Waals surface area contributed by atoms with Gasteiger partial charge in [-0.2, -0.15) is 10.2 Å². The largest absolute Gasteiger partial charge is 0.497 e. The maximum absolute atomic E-state index is 5.77. The van der Waals surface area contributed by atoms with Gasteiger partial charge >= 0.3 is 0 Å². The second-order valence-corrected chi connectivity index (χ2v) is 6.85. The van der Waals surface area contributed by atoms with Crippen LogP contribution < -0.4 is 20.9 Å². The molecule has 2 aromatic carbocycles. The molecule has 0 heterocycles. The van der Waals surface area contributed by atoms with Gasteiger partial charge < -0.3 is 20.9 Å². The fraction of sp³-hybridized carbons (Fsp3) is 0.200. The van der Waals surface area contributed by atoms with Crippen LogP contribution in [-0.2, 0) is 13.1 Å². The fourth-order valence-electron chi connectivity index (χ4n) is 2.38. The van der Waals surface area contributed by atoms with Gasteiger partial charge in [0, 0.05) is 0 Å². The molecular formula is C20H24N6O2S2. The van der Waals surface area contributed by atoms with Gasteiger partial charge in [0.05, 0.1) is 39.7 Å². The molecule has 0 atom stereocenters. The molecule has 10 heteroatoms.